The Balaban J connectivity index is 0.000000235. The van der Waals surface area contributed by atoms with Gasteiger partial charge in [0.05, 0.1) is 6.07 Å². The van der Waals surface area contributed by atoms with Gasteiger partial charge in [0.25, 0.3) is 0 Å². The fraction of sp³-hybridized carbons (Fsp3) is 0.197. The first kappa shape index (κ1) is 75.0. The van der Waals surface area contributed by atoms with Gasteiger partial charge in [-0.1, -0.05) is 149 Å². The summed E-state index contributed by atoms with van der Waals surface area (Å²) in [6, 6.07) is 51.3. The van der Waals surface area contributed by atoms with Crippen molar-refractivity contribution in [1.82, 2.24) is 59.5 Å². The van der Waals surface area contributed by atoms with Crippen molar-refractivity contribution >= 4 is 127 Å². The Morgan fingerprint density at radius 2 is 0.589 bits per heavy atom. The predicted octanol–water partition coefficient (Wildman–Crippen LogP) is 13.6. The van der Waals surface area contributed by atoms with Crippen LogP contribution in [0, 0.1) is 11.3 Å². The molecular weight excluding hydrogens is 1310 g/mol. The molecule has 0 saturated carbocycles. The van der Waals surface area contributed by atoms with Crippen molar-refractivity contribution in [3.63, 3.8) is 0 Å². The Morgan fingerprint density at radius 1 is 0.378 bits per heavy atom. The summed E-state index contributed by atoms with van der Waals surface area (Å²) in [6.07, 6.45) is 26.1. The maximum Gasteiger partial charge on any atom is 0.190 e. The summed E-state index contributed by atoms with van der Waals surface area (Å²) in [5, 5.41) is 26.7. The van der Waals surface area contributed by atoms with E-state index in [1.807, 2.05) is 127 Å². The number of nitrogens with one attached hydrogen (secondary N) is 4. The van der Waals surface area contributed by atoms with E-state index in [0.717, 1.165) is 89.8 Å². The van der Waals surface area contributed by atoms with E-state index < -0.39 is 0 Å². The molecule has 4 aromatic heterocycles. The van der Waals surface area contributed by atoms with Crippen LogP contribution in [-0.2, 0) is 38.5 Å². The molecule has 0 aliphatic heterocycles. The monoisotopic (exact) mass is 1380 g/mol. The first-order chi connectivity index (χ1) is 43.7. The number of nitrogens with zero attached hydrogens (tertiary/aromatic N) is 9. The number of aromatic nitrogens is 8. The molecule has 0 unspecified atom stereocenters. The Hall–Kier alpha value is -7.42. The number of imidazole rings is 4. The molecular formula is C66H72Cl5N15S4. The van der Waals surface area contributed by atoms with Crippen molar-refractivity contribution in [3.05, 3.63) is 285 Å². The van der Waals surface area contributed by atoms with Gasteiger partial charge in [-0.05, 0) is 195 Å². The van der Waals surface area contributed by atoms with E-state index in [2.05, 4.69) is 65.5 Å². The summed E-state index contributed by atoms with van der Waals surface area (Å²) in [7, 11) is 0. The zero-order valence-corrected chi connectivity index (χ0v) is 56.6. The number of nitriles is 1. The summed E-state index contributed by atoms with van der Waals surface area (Å²) in [5.41, 5.74) is 18.3. The zero-order valence-electron chi connectivity index (χ0n) is 49.5. The topological polar surface area (TPSA) is 195 Å². The molecule has 0 fully saturated rings. The van der Waals surface area contributed by atoms with Crippen LogP contribution in [0.3, 0.4) is 0 Å². The number of nitrogens with two attached hydrogens (primary N) is 2. The van der Waals surface area contributed by atoms with E-state index in [-0.39, 0.29) is 0 Å². The Morgan fingerprint density at radius 3 is 0.789 bits per heavy atom. The van der Waals surface area contributed by atoms with E-state index in [0.29, 0.717) is 33.5 Å². The quantitative estimate of drug-likeness (QED) is 0.0500. The highest BCUT2D eigenvalue weighted by molar-refractivity contribution is 7.80. The van der Waals surface area contributed by atoms with E-state index in [9.17, 15) is 0 Å². The normalized spacial score (nSPS) is 9.81. The average Bonchev–Trinajstić information content (AvgIpc) is 4.63. The van der Waals surface area contributed by atoms with Crippen LogP contribution in [0.2, 0.25) is 25.1 Å². The molecule has 0 spiro atoms. The minimum Gasteiger partial charge on any atom is -0.362 e. The summed E-state index contributed by atoms with van der Waals surface area (Å²) in [4.78, 5) is 15.6. The van der Waals surface area contributed by atoms with Gasteiger partial charge in [-0.3, -0.25) is 18.3 Å². The van der Waals surface area contributed by atoms with Gasteiger partial charge >= 0.3 is 0 Å². The van der Waals surface area contributed by atoms with Crippen molar-refractivity contribution in [2.24, 2.45) is 11.5 Å². The lowest BCUT2D eigenvalue weighted by molar-refractivity contribution is 0.802. The van der Waals surface area contributed by atoms with Crippen LogP contribution in [0.5, 0.6) is 0 Å². The zero-order chi connectivity index (χ0) is 65.0. The molecule has 24 heteroatoms. The molecule has 15 nitrogen and oxygen atoms in total. The van der Waals surface area contributed by atoms with Gasteiger partial charge < -0.3 is 32.7 Å². The van der Waals surface area contributed by atoms with Crippen LogP contribution in [0.4, 0.5) is 0 Å². The number of hydrogen-bond acceptors (Lipinski definition) is 11. The standard InChI is InChI=1S/C17H18Cl2N2S.C17H19ClN2S.2C8H10ClN.2C7H6N4S.C2H3N/c18-15-5-1-13(2-6-15)9-11-20-17(22)21-12-10-14-3-7-16(19)8-4-14;18-16-8-6-15(7-9-16)11-13-20-17(21)19-12-10-14-4-2-1-3-5-14;2*9-8-3-1-7(2-4-8)5-6-10;2*12-7(10-3-1-8-5-10)11-4-2-9-6-11;1-2-3/h1-8H,9-12H2,(H2,20,21,22);1-9H,10-13H2,(H2,19,20,21);2*1-4H,5-6,10H2;2*1-6H;1H3. The first-order valence-corrected chi connectivity index (χ1v) is 31.7. The number of benzene rings is 6. The molecule has 10 rings (SSSR count). The van der Waals surface area contributed by atoms with Crippen LogP contribution in [-0.4, -0.2) is 97.9 Å². The highest BCUT2D eigenvalue weighted by atomic mass is 35.5. The van der Waals surface area contributed by atoms with Crippen LogP contribution in [0.1, 0.15) is 40.3 Å². The third kappa shape index (κ3) is 32.9. The third-order valence-electron chi connectivity index (χ3n) is 12.0. The van der Waals surface area contributed by atoms with E-state index in [4.69, 9.17) is 124 Å². The van der Waals surface area contributed by atoms with Gasteiger partial charge in [0.1, 0.15) is 25.3 Å². The molecule has 0 atom stereocenters. The molecule has 0 saturated heterocycles. The molecule has 6 aromatic carbocycles. The lowest BCUT2D eigenvalue weighted by Crippen LogP contribution is -2.37. The van der Waals surface area contributed by atoms with E-state index in [1.165, 1.54) is 40.3 Å². The van der Waals surface area contributed by atoms with Gasteiger partial charge in [-0.25, -0.2) is 19.9 Å². The van der Waals surface area contributed by atoms with Gasteiger partial charge in [0.2, 0.25) is 0 Å². The summed E-state index contributed by atoms with van der Waals surface area (Å²) in [5.74, 6) is 0. The van der Waals surface area contributed by atoms with E-state index >= 15 is 0 Å². The number of halogens is 5. The summed E-state index contributed by atoms with van der Waals surface area (Å²) in [6.45, 7) is 6.09. The molecule has 0 radical (unpaired) electrons. The SMILES string of the molecule is CC#N.NCCc1ccc(Cl)cc1.NCCc1ccc(Cl)cc1.S=C(NCCc1ccc(Cl)cc1)NCCc1ccc(Cl)cc1.S=C(NCCc1ccccc1)NCCc1ccc(Cl)cc1.S=C(n1ccnc1)n1ccnc1.S=C(n1ccnc1)n1ccnc1. The Kier molecular flexibility index (Phi) is 38.2. The van der Waals surface area contributed by atoms with Crippen LogP contribution < -0.4 is 32.7 Å². The molecule has 0 bridgehead atoms. The number of hydrogen-bond donors (Lipinski definition) is 6. The van der Waals surface area contributed by atoms with E-state index in [1.54, 1.807) is 99.2 Å². The second-order valence-corrected chi connectivity index (χ2v) is 22.5. The molecule has 470 valence electrons. The average molecular weight is 1380 g/mol. The van der Waals surface area contributed by atoms with Gasteiger partial charge in [0.15, 0.2) is 20.4 Å². The van der Waals surface area contributed by atoms with Gasteiger partial charge in [-0.15, -0.1) is 0 Å². The van der Waals surface area contributed by atoms with Crippen molar-refractivity contribution in [2.45, 2.75) is 45.4 Å². The fourth-order valence-corrected chi connectivity index (χ4v) is 8.87. The second kappa shape index (κ2) is 45.8. The minimum absolute atomic E-state index is 0.644. The van der Waals surface area contributed by atoms with Crippen molar-refractivity contribution in [3.8, 4) is 6.07 Å². The summed E-state index contributed by atoms with van der Waals surface area (Å²) >= 11 is 49.7. The molecule has 90 heavy (non-hydrogen) atoms. The molecule has 0 amide bonds. The second-order valence-electron chi connectivity index (χ2n) is 18.7. The first-order valence-electron chi connectivity index (χ1n) is 28.2. The van der Waals surface area contributed by atoms with Gasteiger partial charge in [-0.2, -0.15) is 5.26 Å². The number of thiocarbonyl (C=S) groups is 4. The predicted molar refractivity (Wildman–Crippen MR) is 388 cm³/mol. The smallest absolute Gasteiger partial charge is 0.190 e. The Labute approximate surface area is 574 Å². The molecule has 8 N–H and O–H groups in total. The highest BCUT2D eigenvalue weighted by Crippen LogP contribution is 2.13. The maximum absolute atomic E-state index is 7.32. The van der Waals surface area contributed by atoms with Crippen LogP contribution >= 0.6 is 107 Å². The molecule has 0 aliphatic carbocycles. The van der Waals surface area contributed by atoms with Crippen LogP contribution in [0.15, 0.2) is 227 Å². The van der Waals surface area contributed by atoms with Crippen LogP contribution in [0.25, 0.3) is 0 Å². The number of rotatable bonds is 16. The minimum atomic E-state index is 0.644. The molecule has 0 aliphatic rings. The lowest BCUT2D eigenvalue weighted by atomic mass is 10.1. The molecule has 4 heterocycles. The van der Waals surface area contributed by atoms with Crippen molar-refractivity contribution in [1.29, 1.82) is 5.26 Å². The largest absolute Gasteiger partial charge is 0.362 e. The van der Waals surface area contributed by atoms with Gasteiger partial charge in [0, 0.05) is 108 Å². The highest BCUT2D eigenvalue weighted by Gasteiger charge is 2.03. The third-order valence-corrected chi connectivity index (χ3v) is 14.7. The van der Waals surface area contributed by atoms with Crippen molar-refractivity contribution in [2.75, 3.05) is 39.3 Å². The molecule has 10 aromatic rings. The maximum atomic E-state index is 7.32. The fourth-order valence-electron chi connectivity index (χ4n) is 7.40. The van der Waals surface area contributed by atoms with Crippen molar-refractivity contribution < 1.29 is 0 Å². The Bertz CT molecular complexity index is 3290. The lowest BCUT2D eigenvalue weighted by Gasteiger charge is -2.10. The summed E-state index contributed by atoms with van der Waals surface area (Å²) < 4.78 is 6.99.